The second-order valence-corrected chi connectivity index (χ2v) is 6.11. The van der Waals surface area contributed by atoms with Crippen molar-refractivity contribution in [2.75, 3.05) is 19.8 Å². The van der Waals surface area contributed by atoms with Crippen molar-refractivity contribution in [2.24, 2.45) is 5.92 Å². The lowest BCUT2D eigenvalue weighted by Gasteiger charge is -2.23. The van der Waals surface area contributed by atoms with Gasteiger partial charge in [0, 0.05) is 23.7 Å². The molecular weight excluding hydrogens is 322 g/mol. The van der Waals surface area contributed by atoms with E-state index < -0.39 is 6.10 Å². The molecule has 0 aliphatic carbocycles. The summed E-state index contributed by atoms with van der Waals surface area (Å²) < 4.78 is 6.51. The van der Waals surface area contributed by atoms with Crippen LogP contribution in [0.4, 0.5) is 0 Å². The highest BCUT2D eigenvalue weighted by Crippen LogP contribution is 2.16. The zero-order chi connectivity index (χ0) is 15.0. The SMILES string of the molecule is CC(C)C(CCO)NCC(O)COc1ccc(Br)cc1. The Labute approximate surface area is 129 Å². The Kier molecular flexibility index (Phi) is 8.14. The van der Waals surface area contributed by atoms with E-state index in [1.807, 2.05) is 24.3 Å². The van der Waals surface area contributed by atoms with Crippen molar-refractivity contribution >= 4 is 15.9 Å². The average molecular weight is 346 g/mol. The van der Waals surface area contributed by atoms with E-state index in [1.165, 1.54) is 0 Å². The number of benzene rings is 1. The largest absolute Gasteiger partial charge is 0.491 e. The fourth-order valence-corrected chi connectivity index (χ4v) is 2.14. The summed E-state index contributed by atoms with van der Waals surface area (Å²) in [5.74, 6) is 1.16. The molecule has 1 aromatic carbocycles. The first kappa shape index (κ1) is 17.4. The molecule has 0 bridgehead atoms. The second kappa shape index (κ2) is 9.34. The van der Waals surface area contributed by atoms with Crippen molar-refractivity contribution in [3.63, 3.8) is 0 Å². The van der Waals surface area contributed by atoms with Gasteiger partial charge in [0.2, 0.25) is 0 Å². The maximum absolute atomic E-state index is 9.90. The van der Waals surface area contributed by atoms with Crippen molar-refractivity contribution in [1.29, 1.82) is 0 Å². The maximum Gasteiger partial charge on any atom is 0.119 e. The number of hydrogen-bond donors (Lipinski definition) is 3. The lowest BCUT2D eigenvalue weighted by Crippen LogP contribution is -2.41. The number of nitrogens with one attached hydrogen (secondary N) is 1. The molecule has 5 heteroatoms. The Bertz CT molecular complexity index is 370. The lowest BCUT2D eigenvalue weighted by atomic mass is 10.0. The molecule has 2 atom stereocenters. The van der Waals surface area contributed by atoms with E-state index in [2.05, 4.69) is 35.1 Å². The molecule has 0 aliphatic rings. The Morgan fingerprint density at radius 3 is 2.45 bits per heavy atom. The van der Waals surface area contributed by atoms with Crippen LogP contribution in [0.3, 0.4) is 0 Å². The third-order valence-electron chi connectivity index (χ3n) is 3.12. The Balaban J connectivity index is 2.28. The highest BCUT2D eigenvalue weighted by Gasteiger charge is 2.14. The summed E-state index contributed by atoms with van der Waals surface area (Å²) in [6.45, 7) is 5.05. The average Bonchev–Trinajstić information content (AvgIpc) is 2.42. The standard InChI is InChI=1S/C15H24BrNO3/c1-11(2)15(7-8-18)17-9-13(19)10-20-14-5-3-12(16)4-6-14/h3-6,11,13,15,17-19H,7-10H2,1-2H3. The molecule has 3 N–H and O–H groups in total. The summed E-state index contributed by atoms with van der Waals surface area (Å²) in [6.07, 6.45) is 0.122. The molecule has 0 amide bonds. The summed E-state index contributed by atoms with van der Waals surface area (Å²) in [5.41, 5.74) is 0. The highest BCUT2D eigenvalue weighted by atomic mass is 79.9. The zero-order valence-electron chi connectivity index (χ0n) is 12.1. The third kappa shape index (κ3) is 6.70. The van der Waals surface area contributed by atoms with Crippen molar-refractivity contribution in [1.82, 2.24) is 5.32 Å². The number of halogens is 1. The molecule has 0 aromatic heterocycles. The number of ether oxygens (including phenoxy) is 1. The predicted octanol–water partition coefficient (Wildman–Crippen LogP) is 2.19. The molecular formula is C15H24BrNO3. The van der Waals surface area contributed by atoms with Crippen molar-refractivity contribution in [2.45, 2.75) is 32.4 Å². The normalized spacial score (nSPS) is 14.3. The Hall–Kier alpha value is -0.620. The van der Waals surface area contributed by atoms with Gasteiger partial charge in [-0.3, -0.25) is 0 Å². The van der Waals surface area contributed by atoms with Gasteiger partial charge in [0.15, 0.2) is 0 Å². The van der Waals surface area contributed by atoms with Crippen LogP contribution in [0, 0.1) is 5.92 Å². The number of hydrogen-bond acceptors (Lipinski definition) is 4. The van der Waals surface area contributed by atoms with Crippen molar-refractivity contribution in [3.05, 3.63) is 28.7 Å². The molecule has 114 valence electrons. The van der Waals surface area contributed by atoms with Crippen LogP contribution in [-0.4, -0.2) is 42.1 Å². The molecule has 1 aromatic rings. The summed E-state index contributed by atoms with van der Waals surface area (Å²) in [5, 5.41) is 22.2. The molecule has 0 spiro atoms. The van der Waals surface area contributed by atoms with E-state index in [-0.39, 0.29) is 19.3 Å². The van der Waals surface area contributed by atoms with Crippen LogP contribution in [0.1, 0.15) is 20.3 Å². The van der Waals surface area contributed by atoms with Crippen LogP contribution in [0.15, 0.2) is 28.7 Å². The van der Waals surface area contributed by atoms with Gasteiger partial charge in [0.1, 0.15) is 18.5 Å². The van der Waals surface area contributed by atoms with Crippen LogP contribution >= 0.6 is 15.9 Å². The zero-order valence-corrected chi connectivity index (χ0v) is 13.6. The van der Waals surface area contributed by atoms with E-state index >= 15 is 0 Å². The van der Waals surface area contributed by atoms with Gasteiger partial charge in [-0.1, -0.05) is 29.8 Å². The minimum atomic E-state index is -0.571. The first-order valence-corrected chi connectivity index (χ1v) is 7.73. The fourth-order valence-electron chi connectivity index (χ4n) is 1.88. The van der Waals surface area contributed by atoms with Gasteiger partial charge in [-0.25, -0.2) is 0 Å². The Morgan fingerprint density at radius 2 is 1.90 bits per heavy atom. The molecule has 0 radical (unpaired) electrons. The van der Waals surface area contributed by atoms with Crippen molar-refractivity contribution in [3.8, 4) is 5.75 Å². The maximum atomic E-state index is 9.90. The summed E-state index contributed by atoms with van der Waals surface area (Å²) >= 11 is 3.36. The smallest absolute Gasteiger partial charge is 0.119 e. The number of aliphatic hydroxyl groups excluding tert-OH is 2. The summed E-state index contributed by atoms with van der Waals surface area (Å²) in [7, 11) is 0. The predicted molar refractivity (Wildman–Crippen MR) is 84.0 cm³/mol. The molecule has 0 aliphatic heterocycles. The fraction of sp³-hybridized carbons (Fsp3) is 0.600. The summed E-state index contributed by atoms with van der Waals surface area (Å²) in [6, 6.07) is 7.72. The molecule has 20 heavy (non-hydrogen) atoms. The number of aliphatic hydroxyl groups is 2. The number of rotatable bonds is 9. The molecule has 0 fully saturated rings. The quantitative estimate of drug-likeness (QED) is 0.642. The van der Waals surface area contributed by atoms with Gasteiger partial charge in [0.25, 0.3) is 0 Å². The van der Waals surface area contributed by atoms with E-state index in [0.717, 1.165) is 10.2 Å². The molecule has 1 rings (SSSR count). The van der Waals surface area contributed by atoms with Gasteiger partial charge in [-0.15, -0.1) is 0 Å². The third-order valence-corrected chi connectivity index (χ3v) is 3.65. The van der Waals surface area contributed by atoms with Gasteiger partial charge >= 0.3 is 0 Å². The summed E-state index contributed by atoms with van der Waals surface area (Å²) in [4.78, 5) is 0. The van der Waals surface area contributed by atoms with Gasteiger partial charge < -0.3 is 20.3 Å². The minimum Gasteiger partial charge on any atom is -0.491 e. The lowest BCUT2D eigenvalue weighted by molar-refractivity contribution is 0.0995. The molecule has 0 saturated heterocycles. The van der Waals surface area contributed by atoms with Gasteiger partial charge in [0.05, 0.1) is 0 Å². The topological polar surface area (TPSA) is 61.7 Å². The highest BCUT2D eigenvalue weighted by molar-refractivity contribution is 9.10. The van der Waals surface area contributed by atoms with Crippen LogP contribution in [0.5, 0.6) is 5.75 Å². The molecule has 2 unspecified atom stereocenters. The van der Waals surface area contributed by atoms with Crippen molar-refractivity contribution < 1.29 is 14.9 Å². The van der Waals surface area contributed by atoms with E-state index in [9.17, 15) is 5.11 Å². The van der Waals surface area contributed by atoms with E-state index in [4.69, 9.17) is 9.84 Å². The molecule has 4 nitrogen and oxygen atoms in total. The second-order valence-electron chi connectivity index (χ2n) is 5.19. The Morgan fingerprint density at radius 1 is 1.25 bits per heavy atom. The van der Waals surface area contributed by atoms with E-state index in [1.54, 1.807) is 0 Å². The first-order valence-electron chi connectivity index (χ1n) is 6.93. The van der Waals surface area contributed by atoms with Crippen LogP contribution in [0.2, 0.25) is 0 Å². The van der Waals surface area contributed by atoms with Gasteiger partial charge in [-0.05, 0) is 36.6 Å². The monoisotopic (exact) mass is 345 g/mol. The van der Waals surface area contributed by atoms with E-state index in [0.29, 0.717) is 18.9 Å². The minimum absolute atomic E-state index is 0.154. The van der Waals surface area contributed by atoms with Crippen LogP contribution in [-0.2, 0) is 0 Å². The van der Waals surface area contributed by atoms with Gasteiger partial charge in [-0.2, -0.15) is 0 Å². The van der Waals surface area contributed by atoms with Crippen LogP contribution in [0.25, 0.3) is 0 Å². The molecule has 0 saturated carbocycles. The molecule has 0 heterocycles. The van der Waals surface area contributed by atoms with Crippen LogP contribution < -0.4 is 10.1 Å². The first-order chi connectivity index (χ1) is 9.52.